The summed E-state index contributed by atoms with van der Waals surface area (Å²) in [5, 5.41) is 3.41. The van der Waals surface area contributed by atoms with Gasteiger partial charge in [0.1, 0.15) is 0 Å². The molecule has 2 aliphatic heterocycles. The average Bonchev–Trinajstić information content (AvgIpc) is 2.23. The average molecular weight is 211 g/mol. The quantitative estimate of drug-likeness (QED) is 0.672. The summed E-state index contributed by atoms with van der Waals surface area (Å²) >= 11 is 0. The third kappa shape index (κ3) is 2.69. The summed E-state index contributed by atoms with van der Waals surface area (Å²) in [4.78, 5) is 13.0. The monoisotopic (exact) mass is 211 g/mol. The summed E-state index contributed by atoms with van der Waals surface area (Å²) in [6.07, 6.45) is 5.08. The van der Waals surface area contributed by atoms with E-state index in [0.717, 1.165) is 26.2 Å². The van der Waals surface area contributed by atoms with Crippen molar-refractivity contribution in [2.24, 2.45) is 11.1 Å². The first-order valence-electron chi connectivity index (χ1n) is 5.92. The molecule has 0 unspecified atom stereocenters. The molecule has 0 aromatic heterocycles. The summed E-state index contributed by atoms with van der Waals surface area (Å²) < 4.78 is 0. The van der Waals surface area contributed by atoms with Gasteiger partial charge >= 0.3 is 0 Å². The Morgan fingerprint density at radius 1 is 1.20 bits per heavy atom. The number of piperidine rings is 2. The molecule has 2 saturated heterocycles. The van der Waals surface area contributed by atoms with Crippen LogP contribution in [0.5, 0.6) is 0 Å². The first kappa shape index (κ1) is 10.9. The molecule has 2 fully saturated rings. The summed E-state index contributed by atoms with van der Waals surface area (Å²) in [5.41, 5.74) is 5.77. The Bertz CT molecular complexity index is 226. The zero-order chi connectivity index (χ0) is 10.7. The molecule has 0 radical (unpaired) electrons. The summed E-state index contributed by atoms with van der Waals surface area (Å²) in [7, 11) is 0. The van der Waals surface area contributed by atoms with Gasteiger partial charge in [-0.3, -0.25) is 9.69 Å². The molecule has 2 rings (SSSR count). The molecule has 86 valence electrons. The molecule has 4 heteroatoms. The van der Waals surface area contributed by atoms with E-state index in [-0.39, 0.29) is 5.91 Å². The highest BCUT2D eigenvalue weighted by molar-refractivity contribution is 5.75. The molecule has 4 nitrogen and oxygen atoms in total. The fraction of sp³-hybridized carbons (Fsp3) is 0.909. The Morgan fingerprint density at radius 3 is 2.33 bits per heavy atom. The van der Waals surface area contributed by atoms with Crippen LogP contribution in [0, 0.1) is 5.41 Å². The maximum absolute atomic E-state index is 10.8. The van der Waals surface area contributed by atoms with Gasteiger partial charge in [-0.05, 0) is 57.3 Å². The third-order valence-corrected chi connectivity index (χ3v) is 3.96. The Hall–Kier alpha value is -0.610. The molecule has 0 aliphatic carbocycles. The standard InChI is InChI=1S/C11H21N3O/c12-10(15)9-14-7-3-11(4-8-14)1-5-13-6-2-11/h13H,1-9H2,(H2,12,15). The molecular formula is C11H21N3O. The summed E-state index contributed by atoms with van der Waals surface area (Å²) in [6.45, 7) is 4.85. The fourth-order valence-corrected chi connectivity index (χ4v) is 2.86. The van der Waals surface area contributed by atoms with E-state index in [0.29, 0.717) is 12.0 Å². The van der Waals surface area contributed by atoms with Gasteiger partial charge in [0.15, 0.2) is 0 Å². The van der Waals surface area contributed by atoms with Crippen LogP contribution in [0.1, 0.15) is 25.7 Å². The van der Waals surface area contributed by atoms with E-state index in [1.54, 1.807) is 0 Å². The van der Waals surface area contributed by atoms with Gasteiger partial charge in [0.2, 0.25) is 5.91 Å². The van der Waals surface area contributed by atoms with Gasteiger partial charge in [-0.15, -0.1) is 0 Å². The van der Waals surface area contributed by atoms with E-state index in [1.165, 1.54) is 25.7 Å². The highest BCUT2D eigenvalue weighted by Gasteiger charge is 2.35. The van der Waals surface area contributed by atoms with Crippen molar-refractivity contribution in [1.82, 2.24) is 10.2 Å². The number of nitrogens with one attached hydrogen (secondary N) is 1. The topological polar surface area (TPSA) is 58.4 Å². The van der Waals surface area contributed by atoms with Crippen LogP contribution in [0.15, 0.2) is 0 Å². The van der Waals surface area contributed by atoms with Crippen molar-refractivity contribution in [3.63, 3.8) is 0 Å². The van der Waals surface area contributed by atoms with Crippen molar-refractivity contribution >= 4 is 5.91 Å². The van der Waals surface area contributed by atoms with Crippen LogP contribution in [-0.4, -0.2) is 43.5 Å². The lowest BCUT2D eigenvalue weighted by atomic mass is 9.71. The van der Waals surface area contributed by atoms with E-state index < -0.39 is 0 Å². The molecule has 1 amide bonds. The number of rotatable bonds is 2. The maximum Gasteiger partial charge on any atom is 0.231 e. The lowest BCUT2D eigenvalue weighted by molar-refractivity contribution is -0.119. The normalized spacial score (nSPS) is 26.7. The van der Waals surface area contributed by atoms with E-state index in [9.17, 15) is 4.79 Å². The highest BCUT2D eigenvalue weighted by Crippen LogP contribution is 2.39. The van der Waals surface area contributed by atoms with Gasteiger partial charge in [-0.25, -0.2) is 0 Å². The molecule has 3 N–H and O–H groups in total. The minimum Gasteiger partial charge on any atom is -0.369 e. The minimum absolute atomic E-state index is 0.198. The van der Waals surface area contributed by atoms with Crippen LogP contribution in [0.3, 0.4) is 0 Å². The Balaban J connectivity index is 1.82. The zero-order valence-corrected chi connectivity index (χ0v) is 9.30. The lowest BCUT2D eigenvalue weighted by Crippen LogP contribution is -2.47. The minimum atomic E-state index is -0.198. The molecule has 1 spiro atoms. The predicted molar refractivity (Wildman–Crippen MR) is 59.4 cm³/mol. The van der Waals surface area contributed by atoms with E-state index in [2.05, 4.69) is 10.2 Å². The van der Waals surface area contributed by atoms with Crippen molar-refractivity contribution in [1.29, 1.82) is 0 Å². The number of nitrogens with zero attached hydrogens (tertiary/aromatic N) is 1. The molecule has 0 aromatic carbocycles. The van der Waals surface area contributed by atoms with Crippen molar-refractivity contribution in [2.45, 2.75) is 25.7 Å². The Kier molecular flexibility index (Phi) is 3.26. The SMILES string of the molecule is NC(=O)CN1CCC2(CCNCC2)CC1. The van der Waals surface area contributed by atoms with Crippen molar-refractivity contribution < 1.29 is 4.79 Å². The molecule has 2 aliphatic rings. The number of hydrogen-bond donors (Lipinski definition) is 2. The number of carbonyl (C=O) groups is 1. The van der Waals surface area contributed by atoms with Crippen LogP contribution in [0.25, 0.3) is 0 Å². The smallest absolute Gasteiger partial charge is 0.231 e. The number of primary amides is 1. The molecule has 0 atom stereocenters. The predicted octanol–water partition coefficient (Wildman–Crippen LogP) is -0.0627. The van der Waals surface area contributed by atoms with Gasteiger partial charge in [0.05, 0.1) is 6.54 Å². The van der Waals surface area contributed by atoms with Crippen molar-refractivity contribution in [2.75, 3.05) is 32.7 Å². The number of carbonyl (C=O) groups excluding carboxylic acids is 1. The second-order valence-electron chi connectivity index (χ2n) is 4.99. The van der Waals surface area contributed by atoms with Crippen LogP contribution in [0.4, 0.5) is 0 Å². The lowest BCUT2D eigenvalue weighted by Gasteiger charge is -2.44. The summed E-state index contributed by atoms with van der Waals surface area (Å²) in [6, 6.07) is 0. The molecular weight excluding hydrogens is 190 g/mol. The molecule has 0 saturated carbocycles. The second-order valence-corrected chi connectivity index (χ2v) is 4.99. The maximum atomic E-state index is 10.8. The number of nitrogens with two attached hydrogens (primary N) is 1. The fourth-order valence-electron chi connectivity index (χ4n) is 2.86. The van der Waals surface area contributed by atoms with Crippen LogP contribution >= 0.6 is 0 Å². The first-order valence-corrected chi connectivity index (χ1v) is 5.92. The number of hydrogen-bond acceptors (Lipinski definition) is 3. The first-order chi connectivity index (χ1) is 7.20. The Morgan fingerprint density at radius 2 is 1.80 bits per heavy atom. The van der Waals surface area contributed by atoms with Crippen molar-refractivity contribution in [3.8, 4) is 0 Å². The molecule has 0 aromatic rings. The van der Waals surface area contributed by atoms with Crippen LogP contribution < -0.4 is 11.1 Å². The largest absolute Gasteiger partial charge is 0.369 e. The van der Waals surface area contributed by atoms with E-state index in [4.69, 9.17) is 5.73 Å². The number of likely N-dealkylation sites (tertiary alicyclic amines) is 1. The van der Waals surface area contributed by atoms with Gasteiger partial charge in [0, 0.05) is 0 Å². The van der Waals surface area contributed by atoms with E-state index >= 15 is 0 Å². The van der Waals surface area contributed by atoms with Gasteiger partial charge in [-0.2, -0.15) is 0 Å². The van der Waals surface area contributed by atoms with Crippen LogP contribution in [-0.2, 0) is 4.79 Å². The molecule has 0 bridgehead atoms. The summed E-state index contributed by atoms with van der Waals surface area (Å²) in [5.74, 6) is -0.198. The van der Waals surface area contributed by atoms with Gasteiger partial charge in [0.25, 0.3) is 0 Å². The van der Waals surface area contributed by atoms with E-state index in [1.807, 2.05) is 0 Å². The highest BCUT2D eigenvalue weighted by atomic mass is 16.1. The number of amides is 1. The Labute approximate surface area is 91.2 Å². The van der Waals surface area contributed by atoms with Crippen LogP contribution in [0.2, 0.25) is 0 Å². The van der Waals surface area contributed by atoms with Gasteiger partial charge in [-0.1, -0.05) is 0 Å². The van der Waals surface area contributed by atoms with Gasteiger partial charge < -0.3 is 11.1 Å². The zero-order valence-electron chi connectivity index (χ0n) is 9.30. The molecule has 15 heavy (non-hydrogen) atoms. The third-order valence-electron chi connectivity index (χ3n) is 3.96. The molecule has 2 heterocycles. The second kappa shape index (κ2) is 4.49. The van der Waals surface area contributed by atoms with Crippen molar-refractivity contribution in [3.05, 3.63) is 0 Å².